The summed E-state index contributed by atoms with van der Waals surface area (Å²) in [6.07, 6.45) is 1.69. The Balaban J connectivity index is 2.40. The Morgan fingerprint density at radius 2 is 1.78 bits per heavy atom. The molecular weight excluding hydrogens is 244 g/mol. The second-order valence-corrected chi connectivity index (χ2v) is 4.71. The summed E-state index contributed by atoms with van der Waals surface area (Å²) in [4.78, 5) is 4.31. The molecule has 0 radical (unpaired) electrons. The fourth-order valence-corrected chi connectivity index (χ4v) is 2.40. The van der Waals surface area contributed by atoms with E-state index in [1.54, 1.807) is 18.3 Å². The second kappa shape index (κ2) is 4.47. The second-order valence-electron chi connectivity index (χ2n) is 4.09. The zero-order chi connectivity index (χ0) is 12.5. The van der Waals surface area contributed by atoms with E-state index < -0.39 is 0 Å². The number of halogens is 1. The van der Waals surface area contributed by atoms with Crippen LogP contribution < -0.4 is 5.30 Å². The van der Waals surface area contributed by atoms with Gasteiger partial charge in [0.1, 0.15) is 5.82 Å². The fourth-order valence-electron chi connectivity index (χ4n) is 2.08. The smallest absolute Gasteiger partial charge is 0.139 e. The van der Waals surface area contributed by atoms with Gasteiger partial charge < -0.3 is 0 Å². The summed E-state index contributed by atoms with van der Waals surface area (Å²) in [6, 6.07) is 15.2. The van der Waals surface area contributed by atoms with Gasteiger partial charge in [0.25, 0.3) is 0 Å². The van der Waals surface area contributed by atoms with E-state index in [9.17, 15) is 4.39 Å². The lowest BCUT2D eigenvalue weighted by atomic mass is 10.0. The van der Waals surface area contributed by atoms with E-state index in [0.717, 1.165) is 11.1 Å². The average Bonchev–Trinajstić information content (AvgIpc) is 2.44. The van der Waals surface area contributed by atoms with Crippen LogP contribution in [0.25, 0.3) is 22.0 Å². The molecule has 0 saturated carbocycles. The Bertz CT molecular complexity index is 710. The summed E-state index contributed by atoms with van der Waals surface area (Å²) in [5.74, 6) is -0.220. The molecule has 0 aliphatic carbocycles. The number of pyridine rings is 1. The van der Waals surface area contributed by atoms with Gasteiger partial charge in [-0.1, -0.05) is 30.3 Å². The third kappa shape index (κ3) is 1.79. The average molecular weight is 255 g/mol. The minimum absolute atomic E-state index is 0.220. The number of hydrogen-bond donors (Lipinski definition) is 0. The lowest BCUT2D eigenvalue weighted by Crippen LogP contribution is -2.01. The standard InChI is InChI=1S/C15H11FNP/c16-14-11-7-4-8-17-15(11)12(9-13(14)18)10-5-2-1-3-6-10/h1-9H,18H2. The van der Waals surface area contributed by atoms with Crippen molar-refractivity contribution in [1.29, 1.82) is 0 Å². The summed E-state index contributed by atoms with van der Waals surface area (Å²) >= 11 is 0. The maximum atomic E-state index is 14.0. The molecule has 1 nitrogen and oxygen atoms in total. The Hall–Kier alpha value is -1.79. The zero-order valence-corrected chi connectivity index (χ0v) is 10.8. The highest BCUT2D eigenvalue weighted by Crippen LogP contribution is 2.28. The van der Waals surface area contributed by atoms with Crippen molar-refractivity contribution in [2.75, 3.05) is 0 Å². The van der Waals surface area contributed by atoms with Crippen molar-refractivity contribution in [3.8, 4) is 11.1 Å². The monoisotopic (exact) mass is 255 g/mol. The van der Waals surface area contributed by atoms with Gasteiger partial charge in [-0.05, 0) is 23.8 Å². The molecule has 1 atom stereocenters. The van der Waals surface area contributed by atoms with Crippen molar-refractivity contribution in [3.63, 3.8) is 0 Å². The molecule has 0 fully saturated rings. The first-order valence-electron chi connectivity index (χ1n) is 5.65. The van der Waals surface area contributed by atoms with E-state index >= 15 is 0 Å². The minimum Gasteiger partial charge on any atom is -0.255 e. The van der Waals surface area contributed by atoms with Gasteiger partial charge in [0.05, 0.1) is 5.52 Å². The maximum absolute atomic E-state index is 14.0. The van der Waals surface area contributed by atoms with E-state index in [1.165, 1.54) is 0 Å². The molecule has 88 valence electrons. The molecular formula is C15H11FNP. The minimum atomic E-state index is -0.220. The molecule has 3 heteroatoms. The molecule has 0 amide bonds. The van der Waals surface area contributed by atoms with Gasteiger partial charge in [-0.2, -0.15) is 0 Å². The van der Waals surface area contributed by atoms with Crippen molar-refractivity contribution < 1.29 is 4.39 Å². The van der Waals surface area contributed by atoms with Gasteiger partial charge in [0.2, 0.25) is 0 Å². The Labute approximate surface area is 107 Å². The Kier molecular flexibility index (Phi) is 2.81. The Morgan fingerprint density at radius 1 is 1.00 bits per heavy atom. The van der Waals surface area contributed by atoms with Gasteiger partial charge >= 0.3 is 0 Å². The van der Waals surface area contributed by atoms with E-state index in [-0.39, 0.29) is 5.82 Å². The van der Waals surface area contributed by atoms with Crippen molar-refractivity contribution in [2.24, 2.45) is 0 Å². The SMILES string of the molecule is Fc1c(P)cc(-c2ccccc2)c2ncccc12. The molecule has 2 aromatic carbocycles. The number of fused-ring (bicyclic) bond motifs is 1. The number of aromatic nitrogens is 1. The predicted octanol–water partition coefficient (Wildman–Crippen LogP) is 3.54. The molecule has 1 unspecified atom stereocenters. The van der Waals surface area contributed by atoms with Crippen LogP contribution in [0.4, 0.5) is 4.39 Å². The van der Waals surface area contributed by atoms with Crippen molar-refractivity contribution in [2.45, 2.75) is 0 Å². The highest BCUT2D eigenvalue weighted by atomic mass is 31.0. The quantitative estimate of drug-likeness (QED) is 0.606. The highest BCUT2D eigenvalue weighted by molar-refractivity contribution is 7.27. The van der Waals surface area contributed by atoms with Crippen LogP contribution in [0, 0.1) is 5.82 Å². The molecule has 3 rings (SSSR count). The first-order valence-corrected chi connectivity index (χ1v) is 6.23. The third-order valence-electron chi connectivity index (χ3n) is 2.94. The number of nitrogens with zero attached hydrogens (tertiary/aromatic N) is 1. The molecule has 18 heavy (non-hydrogen) atoms. The first kappa shape index (κ1) is 11.3. The van der Waals surface area contributed by atoms with Crippen LogP contribution in [0.3, 0.4) is 0 Å². The van der Waals surface area contributed by atoms with Gasteiger partial charge in [-0.3, -0.25) is 4.98 Å². The number of rotatable bonds is 1. The number of hydrogen-bond acceptors (Lipinski definition) is 1. The van der Waals surface area contributed by atoms with Crippen molar-refractivity contribution in [1.82, 2.24) is 4.98 Å². The molecule has 1 aromatic heterocycles. The molecule has 1 heterocycles. The predicted molar refractivity (Wildman–Crippen MR) is 76.5 cm³/mol. The van der Waals surface area contributed by atoms with Crippen LogP contribution in [0.5, 0.6) is 0 Å². The number of benzene rings is 2. The molecule has 0 spiro atoms. The van der Waals surface area contributed by atoms with Crippen LogP contribution in [-0.2, 0) is 0 Å². The van der Waals surface area contributed by atoms with Gasteiger partial charge in [-0.25, -0.2) is 4.39 Å². The van der Waals surface area contributed by atoms with E-state index in [1.807, 2.05) is 36.4 Å². The normalized spacial score (nSPS) is 10.8. The highest BCUT2D eigenvalue weighted by Gasteiger charge is 2.11. The molecule has 0 bridgehead atoms. The van der Waals surface area contributed by atoms with Gasteiger partial charge in [-0.15, -0.1) is 9.24 Å². The van der Waals surface area contributed by atoms with Crippen LogP contribution in [0.2, 0.25) is 0 Å². The summed E-state index contributed by atoms with van der Waals surface area (Å²) < 4.78 is 14.0. The first-order chi connectivity index (χ1) is 8.77. The van der Waals surface area contributed by atoms with E-state index in [0.29, 0.717) is 16.2 Å². The lowest BCUT2D eigenvalue weighted by Gasteiger charge is -2.09. The van der Waals surface area contributed by atoms with Crippen molar-refractivity contribution >= 4 is 25.4 Å². The summed E-state index contributed by atoms with van der Waals surface area (Å²) in [5, 5.41) is 1.12. The maximum Gasteiger partial charge on any atom is 0.139 e. The summed E-state index contributed by atoms with van der Waals surface area (Å²) in [7, 11) is 2.44. The largest absolute Gasteiger partial charge is 0.255 e. The van der Waals surface area contributed by atoms with Gasteiger partial charge in [0.15, 0.2) is 0 Å². The van der Waals surface area contributed by atoms with E-state index in [4.69, 9.17) is 0 Å². The lowest BCUT2D eigenvalue weighted by molar-refractivity contribution is 0.648. The third-order valence-corrected chi connectivity index (χ3v) is 3.36. The Morgan fingerprint density at radius 3 is 2.56 bits per heavy atom. The topological polar surface area (TPSA) is 12.9 Å². The molecule has 0 aliphatic rings. The molecule has 3 aromatic rings. The summed E-state index contributed by atoms with van der Waals surface area (Å²) in [5.41, 5.74) is 2.70. The van der Waals surface area contributed by atoms with Crippen LogP contribution in [0.1, 0.15) is 0 Å². The molecule has 0 saturated heterocycles. The van der Waals surface area contributed by atoms with Crippen LogP contribution in [-0.4, -0.2) is 4.98 Å². The fraction of sp³-hybridized carbons (Fsp3) is 0. The summed E-state index contributed by atoms with van der Waals surface area (Å²) in [6.45, 7) is 0. The van der Waals surface area contributed by atoms with Gasteiger partial charge in [0, 0.05) is 22.5 Å². The molecule has 0 N–H and O–H groups in total. The van der Waals surface area contributed by atoms with Crippen LogP contribution in [0.15, 0.2) is 54.7 Å². The van der Waals surface area contributed by atoms with Crippen LogP contribution >= 0.6 is 9.24 Å². The molecule has 0 aliphatic heterocycles. The zero-order valence-electron chi connectivity index (χ0n) is 9.60. The van der Waals surface area contributed by atoms with Crippen molar-refractivity contribution in [3.05, 3.63) is 60.5 Å². The van der Waals surface area contributed by atoms with E-state index in [2.05, 4.69) is 14.2 Å².